The fourth-order valence-electron chi connectivity index (χ4n) is 2.80. The summed E-state index contributed by atoms with van der Waals surface area (Å²) in [5.74, 6) is -1.13. The highest BCUT2D eigenvalue weighted by Gasteiger charge is 2.45. The number of methoxy groups -OCH3 is 1. The molecule has 2 atom stereocenters. The van der Waals surface area contributed by atoms with Crippen LogP contribution in [-0.2, 0) is 22.6 Å². The summed E-state index contributed by atoms with van der Waals surface area (Å²) in [5, 5.41) is 20.0. The van der Waals surface area contributed by atoms with E-state index in [1.54, 1.807) is 18.0 Å². The van der Waals surface area contributed by atoms with Gasteiger partial charge in [0.1, 0.15) is 0 Å². The number of nitrogens with zero attached hydrogens (tertiary/aromatic N) is 4. The fraction of sp³-hybridized carbons (Fsp3) is 0.471. The van der Waals surface area contributed by atoms with Gasteiger partial charge in [-0.25, -0.2) is 4.79 Å². The Labute approximate surface area is 150 Å². The first-order valence-electron chi connectivity index (χ1n) is 8.42. The highest BCUT2D eigenvalue weighted by molar-refractivity contribution is 5.87. The lowest BCUT2D eigenvalue weighted by Crippen LogP contribution is -2.25. The van der Waals surface area contributed by atoms with Crippen molar-refractivity contribution in [3.05, 3.63) is 41.5 Å². The summed E-state index contributed by atoms with van der Waals surface area (Å²) in [7, 11) is 1.66. The first kappa shape index (κ1) is 18.0. The minimum Gasteiger partial charge on any atom is -0.478 e. The molecule has 1 aliphatic rings. The summed E-state index contributed by atoms with van der Waals surface area (Å²) < 4.78 is 6.78. The minimum atomic E-state index is -1.04. The summed E-state index contributed by atoms with van der Waals surface area (Å²) in [6.45, 7) is 1.65. The average molecular weight is 359 g/mol. The topological polar surface area (TPSA) is 119 Å². The molecule has 1 amide bonds. The van der Waals surface area contributed by atoms with E-state index in [1.165, 1.54) is 12.3 Å². The molecule has 2 aromatic rings. The predicted molar refractivity (Wildman–Crippen MR) is 90.4 cm³/mol. The average Bonchev–Trinajstić information content (AvgIpc) is 3.31. The molecule has 9 nitrogen and oxygen atoms in total. The molecule has 1 aliphatic carbocycles. The van der Waals surface area contributed by atoms with Crippen molar-refractivity contribution in [1.29, 1.82) is 0 Å². The van der Waals surface area contributed by atoms with Crippen LogP contribution in [-0.4, -0.2) is 50.7 Å². The normalized spacial score (nSPS) is 18.5. The molecule has 3 rings (SSSR count). The van der Waals surface area contributed by atoms with Crippen molar-refractivity contribution in [2.75, 3.05) is 13.7 Å². The van der Waals surface area contributed by atoms with Crippen LogP contribution in [0.2, 0.25) is 0 Å². The van der Waals surface area contributed by atoms with Gasteiger partial charge >= 0.3 is 5.97 Å². The lowest BCUT2D eigenvalue weighted by molar-refractivity contribution is -0.122. The smallest absolute Gasteiger partial charge is 0.337 e. The second kappa shape index (κ2) is 8.05. The maximum absolute atomic E-state index is 12.3. The molecule has 26 heavy (non-hydrogen) atoms. The quantitative estimate of drug-likeness (QED) is 0.636. The van der Waals surface area contributed by atoms with Crippen LogP contribution in [0, 0.1) is 5.92 Å². The third-order valence-electron chi connectivity index (χ3n) is 4.31. The second-order valence-electron chi connectivity index (χ2n) is 6.31. The van der Waals surface area contributed by atoms with E-state index >= 15 is 0 Å². The molecule has 0 aromatic carbocycles. The highest BCUT2D eigenvalue weighted by Crippen LogP contribution is 2.46. The Hall–Kier alpha value is -2.81. The molecule has 0 saturated heterocycles. The zero-order valence-electron chi connectivity index (χ0n) is 14.5. The largest absolute Gasteiger partial charge is 0.478 e. The number of amides is 1. The molecule has 2 N–H and O–H groups in total. The minimum absolute atomic E-state index is 0.0651. The van der Waals surface area contributed by atoms with E-state index in [-0.39, 0.29) is 29.9 Å². The van der Waals surface area contributed by atoms with Gasteiger partial charge in [-0.05, 0) is 24.5 Å². The van der Waals surface area contributed by atoms with Crippen LogP contribution in [0.3, 0.4) is 0 Å². The monoisotopic (exact) mass is 359 g/mol. The van der Waals surface area contributed by atoms with Gasteiger partial charge in [0, 0.05) is 57.2 Å². The second-order valence-corrected chi connectivity index (χ2v) is 6.31. The van der Waals surface area contributed by atoms with Crippen molar-refractivity contribution in [2.45, 2.75) is 31.8 Å². The molecule has 0 bridgehead atoms. The molecule has 9 heteroatoms. The van der Waals surface area contributed by atoms with E-state index in [9.17, 15) is 9.59 Å². The SMILES string of the molecule is COCCCn1cc([C@@H]2C[C@@H]2C(=O)NCc2cncc(C(=O)O)c2)nn1. The molecule has 138 valence electrons. The number of aromatic nitrogens is 4. The van der Waals surface area contributed by atoms with Crippen LogP contribution < -0.4 is 5.32 Å². The van der Waals surface area contributed by atoms with Gasteiger partial charge in [0.2, 0.25) is 5.91 Å². The summed E-state index contributed by atoms with van der Waals surface area (Å²) in [4.78, 5) is 27.1. The highest BCUT2D eigenvalue weighted by atomic mass is 16.5. The Morgan fingerprint density at radius 1 is 1.42 bits per heavy atom. The number of aromatic carboxylic acids is 1. The number of hydrogen-bond donors (Lipinski definition) is 2. The van der Waals surface area contributed by atoms with Gasteiger partial charge in [-0.3, -0.25) is 14.5 Å². The fourth-order valence-corrected chi connectivity index (χ4v) is 2.80. The van der Waals surface area contributed by atoms with E-state index in [1.807, 2.05) is 6.20 Å². The molecular weight excluding hydrogens is 338 g/mol. The van der Waals surface area contributed by atoms with E-state index < -0.39 is 5.97 Å². The van der Waals surface area contributed by atoms with Gasteiger partial charge in [0.25, 0.3) is 0 Å². The van der Waals surface area contributed by atoms with Crippen molar-refractivity contribution in [2.24, 2.45) is 5.92 Å². The van der Waals surface area contributed by atoms with Crippen molar-refractivity contribution in [1.82, 2.24) is 25.3 Å². The van der Waals surface area contributed by atoms with E-state index in [4.69, 9.17) is 9.84 Å². The van der Waals surface area contributed by atoms with Gasteiger partial charge in [0.15, 0.2) is 0 Å². The van der Waals surface area contributed by atoms with Crippen LogP contribution >= 0.6 is 0 Å². The van der Waals surface area contributed by atoms with Crippen molar-refractivity contribution in [3.63, 3.8) is 0 Å². The predicted octanol–water partition coefficient (Wildman–Crippen LogP) is 0.828. The first-order chi connectivity index (χ1) is 12.6. The summed E-state index contributed by atoms with van der Waals surface area (Å²) in [5.41, 5.74) is 1.59. The summed E-state index contributed by atoms with van der Waals surface area (Å²) in [6, 6.07) is 1.51. The van der Waals surface area contributed by atoms with Gasteiger partial charge in [-0.1, -0.05) is 5.21 Å². The molecular formula is C17H21N5O4. The number of carboxylic acids is 1. The van der Waals surface area contributed by atoms with E-state index in [0.29, 0.717) is 12.2 Å². The Morgan fingerprint density at radius 2 is 2.27 bits per heavy atom. The number of pyridine rings is 1. The molecule has 0 spiro atoms. The van der Waals surface area contributed by atoms with E-state index in [0.717, 1.165) is 25.1 Å². The zero-order chi connectivity index (χ0) is 18.5. The summed E-state index contributed by atoms with van der Waals surface area (Å²) >= 11 is 0. The lowest BCUT2D eigenvalue weighted by atomic mass is 10.2. The Balaban J connectivity index is 1.48. The Morgan fingerprint density at radius 3 is 3.04 bits per heavy atom. The maximum atomic E-state index is 12.3. The number of hydrogen-bond acceptors (Lipinski definition) is 6. The lowest BCUT2D eigenvalue weighted by Gasteiger charge is -2.05. The molecule has 2 aromatic heterocycles. The van der Waals surface area contributed by atoms with Crippen LogP contribution in [0.1, 0.15) is 40.4 Å². The van der Waals surface area contributed by atoms with Gasteiger partial charge in [0.05, 0.1) is 11.3 Å². The Bertz CT molecular complexity index is 791. The number of carbonyl (C=O) groups excluding carboxylic acids is 1. The zero-order valence-corrected chi connectivity index (χ0v) is 14.5. The van der Waals surface area contributed by atoms with Gasteiger partial charge in [-0.15, -0.1) is 5.10 Å². The van der Waals surface area contributed by atoms with Crippen molar-refractivity contribution >= 4 is 11.9 Å². The standard InChI is InChI=1S/C17H21N5O4/c1-26-4-2-3-22-10-15(20-21-22)13-6-14(13)16(23)19-8-11-5-12(17(24)25)9-18-7-11/h5,7,9-10,13-14H,2-4,6,8H2,1H3,(H,19,23)(H,24,25)/t13-,14+/m1/s1. The number of rotatable bonds is 9. The molecule has 1 fully saturated rings. The molecule has 2 heterocycles. The van der Waals surface area contributed by atoms with Crippen LogP contribution in [0.25, 0.3) is 0 Å². The number of aryl methyl sites for hydroxylation is 1. The molecule has 0 radical (unpaired) electrons. The number of nitrogens with one attached hydrogen (secondary N) is 1. The van der Waals surface area contributed by atoms with E-state index in [2.05, 4.69) is 20.6 Å². The first-order valence-corrected chi connectivity index (χ1v) is 8.42. The van der Waals surface area contributed by atoms with Crippen LogP contribution in [0.4, 0.5) is 0 Å². The van der Waals surface area contributed by atoms with Crippen LogP contribution in [0.5, 0.6) is 0 Å². The Kier molecular flexibility index (Phi) is 5.57. The summed E-state index contributed by atoms with van der Waals surface area (Å²) in [6.07, 6.45) is 6.31. The van der Waals surface area contributed by atoms with Gasteiger partial charge in [-0.2, -0.15) is 0 Å². The van der Waals surface area contributed by atoms with Gasteiger partial charge < -0.3 is 15.2 Å². The maximum Gasteiger partial charge on any atom is 0.337 e. The number of carbonyl (C=O) groups is 2. The number of carboxylic acid groups (broad SMARTS) is 1. The third-order valence-corrected chi connectivity index (χ3v) is 4.31. The number of ether oxygens (including phenoxy) is 1. The molecule has 0 aliphatic heterocycles. The third kappa shape index (κ3) is 4.42. The molecule has 1 saturated carbocycles. The van der Waals surface area contributed by atoms with Crippen molar-refractivity contribution < 1.29 is 19.4 Å². The van der Waals surface area contributed by atoms with Crippen molar-refractivity contribution in [3.8, 4) is 0 Å². The molecule has 0 unspecified atom stereocenters. The van der Waals surface area contributed by atoms with Crippen LogP contribution in [0.15, 0.2) is 24.7 Å².